The standard InChI is InChI=1S/C24H36N8O2/c1-24(2,26)23(33)28-20(12-8-11-18-9-4-3-5-10-18)22-29-30-31-32(22)19(14-15-25)17-34-21-13-6-7-16-27-21/h6-7,13,16,18-20H,3-5,8-12,14,17,26H2,1-2H3,(H,28,33)/t19-,20-/m1/s1. The third kappa shape index (κ3) is 7.48. The first-order valence-electron chi connectivity index (χ1n) is 12.2. The summed E-state index contributed by atoms with van der Waals surface area (Å²) in [6, 6.07) is 6.73. The highest BCUT2D eigenvalue weighted by Crippen LogP contribution is 2.30. The van der Waals surface area contributed by atoms with Gasteiger partial charge in [0.05, 0.1) is 24.1 Å². The Hall–Kier alpha value is -3.06. The molecule has 0 radical (unpaired) electrons. The van der Waals surface area contributed by atoms with Gasteiger partial charge in [-0.3, -0.25) is 4.79 Å². The molecule has 2 heterocycles. The molecule has 1 saturated carbocycles. The molecular formula is C24H36N8O2. The smallest absolute Gasteiger partial charge is 0.240 e. The van der Waals surface area contributed by atoms with E-state index in [0.717, 1.165) is 18.8 Å². The van der Waals surface area contributed by atoms with Crippen molar-refractivity contribution in [1.82, 2.24) is 30.5 Å². The topological polar surface area (TPSA) is 145 Å². The highest BCUT2D eigenvalue weighted by Gasteiger charge is 2.30. The van der Waals surface area contributed by atoms with Gasteiger partial charge < -0.3 is 15.8 Å². The Balaban J connectivity index is 1.75. The van der Waals surface area contributed by atoms with Crippen molar-refractivity contribution in [1.29, 1.82) is 5.26 Å². The van der Waals surface area contributed by atoms with Gasteiger partial charge in [0.25, 0.3) is 0 Å². The lowest BCUT2D eigenvalue weighted by atomic mass is 9.85. The number of nitrogens with one attached hydrogen (secondary N) is 1. The van der Waals surface area contributed by atoms with Gasteiger partial charge in [0, 0.05) is 12.3 Å². The van der Waals surface area contributed by atoms with Gasteiger partial charge >= 0.3 is 0 Å². The molecule has 34 heavy (non-hydrogen) atoms. The van der Waals surface area contributed by atoms with Crippen LogP contribution in [0, 0.1) is 17.2 Å². The van der Waals surface area contributed by atoms with Crippen molar-refractivity contribution in [3.63, 3.8) is 0 Å². The SMILES string of the molecule is CC(C)(N)C(=O)N[C@H](CCCC1CCCCC1)c1nnnn1[C@H](CC#N)COc1ccccn1. The van der Waals surface area contributed by atoms with E-state index in [2.05, 4.69) is 31.9 Å². The van der Waals surface area contributed by atoms with Crippen LogP contribution in [-0.2, 0) is 4.79 Å². The first kappa shape index (κ1) is 25.6. The minimum absolute atomic E-state index is 0.149. The summed E-state index contributed by atoms with van der Waals surface area (Å²) in [5.74, 6) is 1.44. The van der Waals surface area contributed by atoms with Crippen LogP contribution < -0.4 is 15.8 Å². The van der Waals surface area contributed by atoms with E-state index in [1.165, 1.54) is 32.1 Å². The number of rotatable bonds is 12. The number of carbonyl (C=O) groups excluding carboxylic acids is 1. The molecule has 2 atom stereocenters. The van der Waals surface area contributed by atoms with Crippen molar-refractivity contribution < 1.29 is 9.53 Å². The predicted octanol–water partition coefficient (Wildman–Crippen LogP) is 3.25. The molecule has 1 amide bonds. The Morgan fingerprint density at radius 3 is 2.82 bits per heavy atom. The van der Waals surface area contributed by atoms with Crippen LogP contribution in [0.4, 0.5) is 0 Å². The average Bonchev–Trinajstić information content (AvgIpc) is 3.31. The summed E-state index contributed by atoms with van der Waals surface area (Å²) in [5.41, 5.74) is 5.01. The quantitative estimate of drug-likeness (QED) is 0.483. The van der Waals surface area contributed by atoms with Crippen molar-refractivity contribution in [2.75, 3.05) is 6.61 Å². The van der Waals surface area contributed by atoms with Crippen LogP contribution in [0.1, 0.15) is 89.5 Å². The summed E-state index contributed by atoms with van der Waals surface area (Å²) in [6.45, 7) is 3.51. The molecule has 2 aromatic heterocycles. The van der Waals surface area contributed by atoms with Gasteiger partial charge in [-0.2, -0.15) is 5.26 Å². The molecule has 0 unspecified atom stereocenters. The normalized spacial score (nSPS) is 16.4. The number of hydrogen-bond acceptors (Lipinski definition) is 8. The van der Waals surface area contributed by atoms with Gasteiger partial charge in [0.2, 0.25) is 11.8 Å². The summed E-state index contributed by atoms with van der Waals surface area (Å²) >= 11 is 0. The molecular weight excluding hydrogens is 432 g/mol. The van der Waals surface area contributed by atoms with E-state index in [0.29, 0.717) is 18.1 Å². The van der Waals surface area contributed by atoms with E-state index in [9.17, 15) is 10.1 Å². The second kappa shape index (κ2) is 12.4. The first-order chi connectivity index (χ1) is 16.4. The number of hydrogen-bond donors (Lipinski definition) is 2. The maximum atomic E-state index is 12.8. The third-order valence-corrected chi connectivity index (χ3v) is 6.28. The summed E-state index contributed by atoms with van der Waals surface area (Å²) < 4.78 is 7.39. The third-order valence-electron chi connectivity index (χ3n) is 6.28. The highest BCUT2D eigenvalue weighted by atomic mass is 16.5. The Morgan fingerprint density at radius 2 is 2.15 bits per heavy atom. The Kier molecular flexibility index (Phi) is 9.33. The number of nitrogens with zero attached hydrogens (tertiary/aromatic N) is 6. The maximum absolute atomic E-state index is 12.8. The molecule has 10 nitrogen and oxygen atoms in total. The molecule has 1 aliphatic carbocycles. The molecule has 1 aliphatic rings. The first-order valence-corrected chi connectivity index (χ1v) is 12.2. The van der Waals surface area contributed by atoms with Gasteiger partial charge in [-0.05, 0) is 42.7 Å². The lowest BCUT2D eigenvalue weighted by molar-refractivity contribution is -0.126. The fourth-order valence-electron chi connectivity index (χ4n) is 4.32. The summed E-state index contributed by atoms with van der Waals surface area (Å²) in [6.07, 6.45) is 11.0. The van der Waals surface area contributed by atoms with E-state index < -0.39 is 17.6 Å². The minimum Gasteiger partial charge on any atom is -0.475 e. The second-order valence-corrected chi connectivity index (χ2v) is 9.66. The van der Waals surface area contributed by atoms with Crippen molar-refractivity contribution in [3.8, 4) is 11.9 Å². The minimum atomic E-state index is -1.03. The molecule has 2 aromatic rings. The van der Waals surface area contributed by atoms with Gasteiger partial charge in [-0.25, -0.2) is 9.67 Å². The van der Waals surface area contributed by atoms with Crippen LogP contribution in [0.15, 0.2) is 24.4 Å². The Labute approximate surface area is 201 Å². The monoisotopic (exact) mass is 468 g/mol. The highest BCUT2D eigenvalue weighted by molar-refractivity contribution is 5.85. The summed E-state index contributed by atoms with van der Waals surface area (Å²) in [5, 5.41) is 24.7. The van der Waals surface area contributed by atoms with E-state index in [1.807, 2.05) is 6.07 Å². The number of amides is 1. The molecule has 0 bridgehead atoms. The molecule has 0 aromatic carbocycles. The number of ether oxygens (including phenoxy) is 1. The zero-order valence-corrected chi connectivity index (χ0v) is 20.2. The van der Waals surface area contributed by atoms with Crippen LogP contribution in [0.25, 0.3) is 0 Å². The van der Waals surface area contributed by atoms with Crippen LogP contribution in [-0.4, -0.2) is 43.2 Å². The van der Waals surface area contributed by atoms with E-state index in [1.54, 1.807) is 36.9 Å². The lowest BCUT2D eigenvalue weighted by Gasteiger charge is -2.26. The van der Waals surface area contributed by atoms with Gasteiger partial charge in [0.15, 0.2) is 5.82 Å². The fraction of sp³-hybridized carbons (Fsp3) is 0.667. The van der Waals surface area contributed by atoms with Crippen molar-refractivity contribution in [2.24, 2.45) is 11.7 Å². The molecule has 0 aliphatic heterocycles. The number of pyridine rings is 1. The average molecular weight is 469 g/mol. The second-order valence-electron chi connectivity index (χ2n) is 9.66. The zero-order valence-electron chi connectivity index (χ0n) is 20.2. The molecule has 3 rings (SSSR count). The zero-order chi connectivity index (χ0) is 24.4. The van der Waals surface area contributed by atoms with Gasteiger partial charge in [-0.1, -0.05) is 51.0 Å². The number of tetrazole rings is 1. The molecule has 184 valence electrons. The van der Waals surface area contributed by atoms with Gasteiger partial charge in [-0.15, -0.1) is 5.10 Å². The van der Waals surface area contributed by atoms with Crippen molar-refractivity contribution in [2.45, 2.75) is 89.3 Å². The molecule has 0 spiro atoms. The summed E-state index contributed by atoms with van der Waals surface area (Å²) in [7, 11) is 0. The van der Waals surface area contributed by atoms with Crippen LogP contribution in [0.5, 0.6) is 5.88 Å². The van der Waals surface area contributed by atoms with E-state index >= 15 is 0 Å². The van der Waals surface area contributed by atoms with Crippen LogP contribution in [0.2, 0.25) is 0 Å². The molecule has 1 fully saturated rings. The summed E-state index contributed by atoms with van der Waals surface area (Å²) in [4.78, 5) is 16.9. The maximum Gasteiger partial charge on any atom is 0.240 e. The lowest BCUT2D eigenvalue weighted by Crippen LogP contribution is -2.50. The molecule has 10 heteroatoms. The number of aromatic nitrogens is 5. The van der Waals surface area contributed by atoms with Crippen molar-refractivity contribution >= 4 is 5.91 Å². The Morgan fingerprint density at radius 1 is 1.35 bits per heavy atom. The van der Waals surface area contributed by atoms with Crippen LogP contribution in [0.3, 0.4) is 0 Å². The molecule has 3 N–H and O–H groups in total. The number of carbonyl (C=O) groups is 1. The largest absolute Gasteiger partial charge is 0.475 e. The fourth-order valence-corrected chi connectivity index (χ4v) is 4.32. The van der Waals surface area contributed by atoms with Crippen LogP contribution >= 0.6 is 0 Å². The van der Waals surface area contributed by atoms with E-state index in [4.69, 9.17) is 10.5 Å². The van der Waals surface area contributed by atoms with Gasteiger partial charge in [0.1, 0.15) is 12.6 Å². The van der Waals surface area contributed by atoms with Crippen molar-refractivity contribution in [3.05, 3.63) is 30.2 Å². The number of nitrogens with two attached hydrogens (primary N) is 1. The Bertz CT molecular complexity index is 928. The predicted molar refractivity (Wildman–Crippen MR) is 126 cm³/mol. The van der Waals surface area contributed by atoms with E-state index in [-0.39, 0.29) is 18.9 Å². The number of nitriles is 1. The molecule has 0 saturated heterocycles.